The van der Waals surface area contributed by atoms with E-state index in [4.69, 9.17) is 4.43 Å². The normalized spacial score (nSPS) is 13.3. The molecular weight excluding hydrogens is 268 g/mol. The van der Waals surface area contributed by atoms with Crippen LogP contribution in [0, 0.1) is 11.5 Å². The van der Waals surface area contributed by atoms with Gasteiger partial charge in [0.25, 0.3) is 0 Å². The zero-order valence-corrected chi connectivity index (χ0v) is 15.7. The molecule has 0 heterocycles. The SMILES string of the molecule is CC(C)(C)[Si](C)(C)OC/C=C/C(=O)C#C[Si](C)(C)C. The van der Waals surface area contributed by atoms with Gasteiger partial charge in [-0.1, -0.05) is 46.5 Å². The number of allylic oxidation sites excluding steroid dienone is 1. The second kappa shape index (κ2) is 6.69. The highest BCUT2D eigenvalue weighted by atomic mass is 28.4. The summed E-state index contributed by atoms with van der Waals surface area (Å²) >= 11 is 0. The van der Waals surface area contributed by atoms with Gasteiger partial charge in [-0.25, -0.2) is 0 Å². The first kappa shape index (κ1) is 18.4. The van der Waals surface area contributed by atoms with E-state index in [1.54, 1.807) is 6.08 Å². The molecule has 0 unspecified atom stereocenters. The predicted molar refractivity (Wildman–Crippen MR) is 88.4 cm³/mol. The third-order valence-electron chi connectivity index (χ3n) is 3.18. The first-order chi connectivity index (χ1) is 8.35. The van der Waals surface area contributed by atoms with Crippen molar-refractivity contribution in [3.05, 3.63) is 12.2 Å². The maximum atomic E-state index is 11.5. The van der Waals surface area contributed by atoms with E-state index in [0.717, 1.165) is 0 Å². The highest BCUT2D eigenvalue weighted by molar-refractivity contribution is 6.84. The first-order valence-electron chi connectivity index (χ1n) is 6.73. The second-order valence-electron chi connectivity index (χ2n) is 7.34. The Morgan fingerprint density at radius 2 is 1.68 bits per heavy atom. The van der Waals surface area contributed by atoms with Gasteiger partial charge in [-0.3, -0.25) is 4.79 Å². The van der Waals surface area contributed by atoms with E-state index in [1.807, 2.05) is 0 Å². The summed E-state index contributed by atoms with van der Waals surface area (Å²) in [6.45, 7) is 17.9. The van der Waals surface area contributed by atoms with Crippen LogP contribution in [0.5, 0.6) is 0 Å². The lowest BCUT2D eigenvalue weighted by Crippen LogP contribution is -2.40. The molecule has 4 heteroatoms. The molecule has 0 aromatic heterocycles. The number of carbonyl (C=O) groups excluding carboxylic acids is 1. The van der Waals surface area contributed by atoms with Crippen molar-refractivity contribution in [2.45, 2.75) is 58.5 Å². The predicted octanol–water partition coefficient (Wildman–Crippen LogP) is 4.01. The molecule has 0 saturated carbocycles. The topological polar surface area (TPSA) is 26.3 Å². The molecule has 0 fully saturated rings. The molecule has 108 valence electrons. The Kier molecular flexibility index (Phi) is 6.47. The molecule has 0 aromatic carbocycles. The van der Waals surface area contributed by atoms with Crippen molar-refractivity contribution in [1.82, 2.24) is 0 Å². The van der Waals surface area contributed by atoms with Gasteiger partial charge in [0.1, 0.15) is 8.07 Å². The van der Waals surface area contributed by atoms with Gasteiger partial charge in [0, 0.05) is 0 Å². The van der Waals surface area contributed by atoms with Crippen LogP contribution in [-0.2, 0) is 9.22 Å². The summed E-state index contributed by atoms with van der Waals surface area (Å²) in [5.41, 5.74) is 3.06. The van der Waals surface area contributed by atoms with E-state index in [-0.39, 0.29) is 10.8 Å². The third-order valence-corrected chi connectivity index (χ3v) is 8.55. The van der Waals surface area contributed by atoms with Crippen LogP contribution in [0.1, 0.15) is 20.8 Å². The summed E-state index contributed by atoms with van der Waals surface area (Å²) in [7, 11) is -3.18. The average Bonchev–Trinajstić information content (AvgIpc) is 2.19. The van der Waals surface area contributed by atoms with Gasteiger partial charge in [-0.05, 0) is 30.1 Å². The summed E-state index contributed by atoms with van der Waals surface area (Å²) in [5.74, 6) is 2.57. The fourth-order valence-corrected chi connectivity index (χ4v) is 2.36. The number of hydrogen-bond donors (Lipinski definition) is 0. The van der Waals surface area contributed by atoms with E-state index in [0.29, 0.717) is 6.61 Å². The number of ketones is 1. The smallest absolute Gasteiger partial charge is 0.227 e. The first-order valence-corrected chi connectivity index (χ1v) is 13.1. The molecule has 0 aliphatic heterocycles. The molecular formula is C15H28O2Si2. The van der Waals surface area contributed by atoms with Gasteiger partial charge in [0.2, 0.25) is 5.78 Å². The van der Waals surface area contributed by atoms with Crippen molar-refractivity contribution in [2.75, 3.05) is 6.61 Å². The number of hydrogen-bond acceptors (Lipinski definition) is 2. The Morgan fingerprint density at radius 1 is 1.16 bits per heavy atom. The molecule has 0 saturated heterocycles. The molecule has 0 radical (unpaired) electrons. The van der Waals surface area contributed by atoms with Crippen LogP contribution in [0.2, 0.25) is 37.8 Å². The minimum Gasteiger partial charge on any atom is -0.413 e. The average molecular weight is 297 g/mol. The molecule has 0 aliphatic carbocycles. The summed E-state index contributed by atoms with van der Waals surface area (Å²) < 4.78 is 5.95. The summed E-state index contributed by atoms with van der Waals surface area (Å²) in [6, 6.07) is 0. The summed E-state index contributed by atoms with van der Waals surface area (Å²) in [5, 5.41) is 0.197. The van der Waals surface area contributed by atoms with Gasteiger partial charge in [0.05, 0.1) is 6.61 Å². The fraction of sp³-hybridized carbons (Fsp3) is 0.667. The van der Waals surface area contributed by atoms with Crippen molar-refractivity contribution in [3.63, 3.8) is 0 Å². The van der Waals surface area contributed by atoms with E-state index < -0.39 is 16.4 Å². The molecule has 0 rings (SSSR count). The van der Waals surface area contributed by atoms with E-state index in [1.165, 1.54) is 6.08 Å². The van der Waals surface area contributed by atoms with E-state index >= 15 is 0 Å². The van der Waals surface area contributed by atoms with Gasteiger partial charge in [0.15, 0.2) is 8.32 Å². The van der Waals surface area contributed by atoms with Crippen LogP contribution in [-0.4, -0.2) is 28.8 Å². The number of rotatable bonds is 4. The van der Waals surface area contributed by atoms with Crippen LogP contribution >= 0.6 is 0 Å². The molecule has 0 N–H and O–H groups in total. The minimum atomic E-state index is -1.72. The van der Waals surface area contributed by atoms with Crippen molar-refractivity contribution in [2.24, 2.45) is 0 Å². The Hall–Kier alpha value is -0.636. The van der Waals surface area contributed by atoms with Gasteiger partial charge >= 0.3 is 0 Å². The quantitative estimate of drug-likeness (QED) is 0.445. The lowest BCUT2D eigenvalue weighted by atomic mass is 10.2. The summed E-state index contributed by atoms with van der Waals surface area (Å²) in [6.07, 6.45) is 3.31. The van der Waals surface area contributed by atoms with Crippen LogP contribution in [0.15, 0.2) is 12.2 Å². The monoisotopic (exact) mass is 296 g/mol. The van der Waals surface area contributed by atoms with Crippen LogP contribution in [0.25, 0.3) is 0 Å². The highest BCUT2D eigenvalue weighted by Gasteiger charge is 2.36. The van der Waals surface area contributed by atoms with Crippen LogP contribution in [0.3, 0.4) is 0 Å². The molecule has 0 aliphatic rings. The third kappa shape index (κ3) is 8.20. The maximum absolute atomic E-state index is 11.5. The largest absolute Gasteiger partial charge is 0.413 e. The molecule has 0 amide bonds. The standard InChI is InChI=1S/C15H28O2Si2/c1-15(2,3)19(7,8)17-12-9-10-14(16)11-13-18(4,5)6/h9-10H,12H2,1-8H3/b10-9+. The zero-order chi connectivity index (χ0) is 15.3. The fourth-order valence-electron chi connectivity index (χ4n) is 0.919. The van der Waals surface area contributed by atoms with Crippen molar-refractivity contribution >= 4 is 22.2 Å². The Morgan fingerprint density at radius 3 is 2.11 bits per heavy atom. The lowest BCUT2D eigenvalue weighted by molar-refractivity contribution is -0.109. The Bertz CT molecular complexity index is 399. The van der Waals surface area contributed by atoms with Crippen LogP contribution < -0.4 is 0 Å². The maximum Gasteiger partial charge on any atom is 0.227 e. The Labute approximate surface area is 120 Å². The molecule has 0 spiro atoms. The van der Waals surface area contributed by atoms with Crippen molar-refractivity contribution in [1.29, 1.82) is 0 Å². The highest BCUT2D eigenvalue weighted by Crippen LogP contribution is 2.36. The minimum absolute atomic E-state index is 0.124. The molecule has 2 nitrogen and oxygen atoms in total. The number of carbonyl (C=O) groups is 1. The van der Waals surface area contributed by atoms with Gasteiger partial charge < -0.3 is 4.43 Å². The molecule has 0 aromatic rings. The molecule has 19 heavy (non-hydrogen) atoms. The van der Waals surface area contributed by atoms with Gasteiger partial charge in [-0.15, -0.1) is 5.54 Å². The summed E-state index contributed by atoms with van der Waals surface area (Å²) in [4.78, 5) is 11.5. The molecule has 0 bridgehead atoms. The van der Waals surface area contributed by atoms with E-state index in [2.05, 4.69) is 65.0 Å². The Balaban J connectivity index is 4.33. The molecule has 0 atom stereocenters. The van der Waals surface area contributed by atoms with Crippen LogP contribution in [0.4, 0.5) is 0 Å². The second-order valence-corrected chi connectivity index (χ2v) is 16.9. The van der Waals surface area contributed by atoms with Crippen molar-refractivity contribution in [3.8, 4) is 11.5 Å². The zero-order valence-electron chi connectivity index (χ0n) is 13.7. The lowest BCUT2D eigenvalue weighted by Gasteiger charge is -2.35. The van der Waals surface area contributed by atoms with E-state index in [9.17, 15) is 4.79 Å². The van der Waals surface area contributed by atoms with Crippen molar-refractivity contribution < 1.29 is 9.22 Å². The van der Waals surface area contributed by atoms with Gasteiger partial charge in [-0.2, -0.15) is 0 Å².